The van der Waals surface area contributed by atoms with Gasteiger partial charge in [0.25, 0.3) is 5.91 Å². The molecule has 3 aromatic rings. The fourth-order valence-corrected chi connectivity index (χ4v) is 4.00. The molecule has 1 heterocycles. The van der Waals surface area contributed by atoms with E-state index in [9.17, 15) is 14.0 Å². The Morgan fingerprint density at radius 3 is 2.57 bits per heavy atom. The minimum atomic E-state index is -0.695. The number of nitrogens with zero attached hydrogens (tertiary/aromatic N) is 2. The van der Waals surface area contributed by atoms with E-state index >= 15 is 0 Å². The molecule has 0 radical (unpaired) electrons. The van der Waals surface area contributed by atoms with Crippen LogP contribution in [0.25, 0.3) is 10.1 Å². The number of rotatable bonds is 6. The number of fused-ring (bicyclic) bond motifs is 1. The van der Waals surface area contributed by atoms with Gasteiger partial charge in [0.15, 0.2) is 6.61 Å². The van der Waals surface area contributed by atoms with E-state index < -0.39 is 24.3 Å². The Kier molecular flexibility index (Phi) is 6.24. The van der Waals surface area contributed by atoms with Gasteiger partial charge in [0.2, 0.25) is 0 Å². The number of hydrogen-bond donors (Lipinski definition) is 0. The van der Waals surface area contributed by atoms with Crippen LogP contribution in [0.15, 0.2) is 48.5 Å². The summed E-state index contributed by atoms with van der Waals surface area (Å²) in [4.78, 5) is 26.4. The lowest BCUT2D eigenvalue weighted by Crippen LogP contribution is -2.35. The van der Waals surface area contributed by atoms with E-state index in [2.05, 4.69) is 0 Å². The summed E-state index contributed by atoms with van der Waals surface area (Å²) in [6.45, 7) is -0.422. The molecule has 0 atom stereocenters. The molecule has 2 aromatic carbocycles. The SMILES string of the molecule is N#CCCN(C(=O)COC(=O)c1sc2ccccc2c1Cl)c1ccc(F)cc1. The lowest BCUT2D eigenvalue weighted by Gasteiger charge is -2.21. The topological polar surface area (TPSA) is 70.4 Å². The van der Waals surface area contributed by atoms with E-state index in [0.29, 0.717) is 5.69 Å². The number of hydrogen-bond acceptors (Lipinski definition) is 5. The Hall–Kier alpha value is -2.95. The maximum atomic E-state index is 13.1. The molecule has 8 heteroatoms. The quantitative estimate of drug-likeness (QED) is 0.541. The van der Waals surface area contributed by atoms with E-state index in [4.69, 9.17) is 21.6 Å². The highest BCUT2D eigenvalue weighted by Crippen LogP contribution is 2.35. The number of thiophene rings is 1. The van der Waals surface area contributed by atoms with Gasteiger partial charge in [0.05, 0.1) is 17.5 Å². The third-order valence-corrected chi connectivity index (χ3v) is 5.59. The monoisotopic (exact) mass is 416 g/mol. The molecule has 0 saturated carbocycles. The molecule has 0 aliphatic carbocycles. The van der Waals surface area contributed by atoms with Crippen molar-refractivity contribution in [2.24, 2.45) is 0 Å². The minimum absolute atomic E-state index is 0.0825. The Morgan fingerprint density at radius 1 is 1.18 bits per heavy atom. The number of benzene rings is 2. The van der Waals surface area contributed by atoms with E-state index in [1.165, 1.54) is 40.5 Å². The average molecular weight is 417 g/mol. The van der Waals surface area contributed by atoms with Crippen LogP contribution >= 0.6 is 22.9 Å². The lowest BCUT2D eigenvalue weighted by molar-refractivity contribution is -0.121. The zero-order valence-corrected chi connectivity index (χ0v) is 16.1. The van der Waals surface area contributed by atoms with Gasteiger partial charge in [-0.2, -0.15) is 5.26 Å². The number of carbonyl (C=O) groups is 2. The van der Waals surface area contributed by atoms with E-state index in [1.54, 1.807) is 6.07 Å². The summed E-state index contributed by atoms with van der Waals surface area (Å²) in [5.74, 6) is -1.66. The molecule has 28 heavy (non-hydrogen) atoms. The van der Waals surface area contributed by atoms with Crippen LogP contribution in [-0.2, 0) is 9.53 Å². The van der Waals surface area contributed by atoms with Crippen molar-refractivity contribution < 1.29 is 18.7 Å². The molecule has 142 valence electrons. The Bertz CT molecular complexity index is 1060. The number of halogens is 2. The third kappa shape index (κ3) is 4.30. The van der Waals surface area contributed by atoms with Crippen LogP contribution in [0.4, 0.5) is 10.1 Å². The molecule has 1 aromatic heterocycles. The smallest absolute Gasteiger partial charge is 0.350 e. The second-order valence-corrected chi connectivity index (χ2v) is 7.18. The van der Waals surface area contributed by atoms with Crippen LogP contribution in [0.5, 0.6) is 0 Å². The number of carbonyl (C=O) groups excluding carboxylic acids is 2. The number of amides is 1. The van der Waals surface area contributed by atoms with Crippen LogP contribution < -0.4 is 4.90 Å². The first-order valence-electron chi connectivity index (χ1n) is 8.28. The van der Waals surface area contributed by atoms with Crippen LogP contribution in [0.3, 0.4) is 0 Å². The fraction of sp³-hybridized carbons (Fsp3) is 0.150. The molecule has 0 aliphatic rings. The maximum Gasteiger partial charge on any atom is 0.350 e. The van der Waals surface area contributed by atoms with Gasteiger partial charge in [-0.25, -0.2) is 9.18 Å². The standard InChI is InChI=1S/C20H14ClFN2O3S/c21-18-15-4-1-2-5-16(15)28-19(18)20(26)27-12-17(25)24(11-3-10-23)14-8-6-13(22)7-9-14/h1-2,4-9H,3,11-12H2. The summed E-state index contributed by atoms with van der Waals surface area (Å²) in [5.41, 5.74) is 0.414. The normalized spacial score (nSPS) is 10.5. The summed E-state index contributed by atoms with van der Waals surface area (Å²) in [6.07, 6.45) is 0.0825. The van der Waals surface area contributed by atoms with Crippen molar-refractivity contribution in [2.75, 3.05) is 18.1 Å². The van der Waals surface area contributed by atoms with Crippen molar-refractivity contribution in [1.29, 1.82) is 5.26 Å². The van der Waals surface area contributed by atoms with Crippen molar-refractivity contribution >= 4 is 50.6 Å². The molecule has 1 amide bonds. The molecule has 0 aliphatic heterocycles. The summed E-state index contributed by atoms with van der Waals surface area (Å²) < 4.78 is 19.1. The highest BCUT2D eigenvalue weighted by Gasteiger charge is 2.22. The number of ether oxygens (including phenoxy) is 1. The first-order valence-corrected chi connectivity index (χ1v) is 9.47. The minimum Gasteiger partial charge on any atom is -0.451 e. The van der Waals surface area contributed by atoms with E-state index in [-0.39, 0.29) is 22.9 Å². The van der Waals surface area contributed by atoms with Gasteiger partial charge in [0.1, 0.15) is 10.7 Å². The second-order valence-electron chi connectivity index (χ2n) is 5.75. The van der Waals surface area contributed by atoms with Crippen LogP contribution in [0, 0.1) is 17.1 Å². The summed E-state index contributed by atoms with van der Waals surface area (Å²) in [6, 6.07) is 14.5. The van der Waals surface area contributed by atoms with Gasteiger partial charge in [-0.1, -0.05) is 29.8 Å². The van der Waals surface area contributed by atoms with Crippen molar-refractivity contribution in [3.05, 3.63) is 64.2 Å². The molecule has 0 bridgehead atoms. The molecular weight excluding hydrogens is 403 g/mol. The summed E-state index contributed by atoms with van der Waals surface area (Å²) >= 11 is 7.44. The van der Waals surface area contributed by atoms with Gasteiger partial charge >= 0.3 is 5.97 Å². The van der Waals surface area contributed by atoms with E-state index in [0.717, 1.165) is 10.1 Å². The number of nitriles is 1. The van der Waals surface area contributed by atoms with Crippen molar-refractivity contribution in [1.82, 2.24) is 0 Å². The molecular formula is C20H14ClFN2O3S. The Balaban J connectivity index is 1.72. The predicted octanol–water partition coefficient (Wildman–Crippen LogP) is 4.80. The van der Waals surface area contributed by atoms with Gasteiger partial charge in [-0.3, -0.25) is 4.79 Å². The van der Waals surface area contributed by atoms with Gasteiger partial charge < -0.3 is 9.64 Å². The molecule has 0 unspecified atom stereocenters. The van der Waals surface area contributed by atoms with Crippen LogP contribution in [0.2, 0.25) is 5.02 Å². The summed E-state index contributed by atoms with van der Waals surface area (Å²) in [5, 5.41) is 9.84. The van der Waals surface area contributed by atoms with Crippen molar-refractivity contribution in [3.8, 4) is 6.07 Å². The summed E-state index contributed by atoms with van der Waals surface area (Å²) in [7, 11) is 0. The van der Waals surface area contributed by atoms with E-state index in [1.807, 2.05) is 24.3 Å². The van der Waals surface area contributed by atoms with Crippen LogP contribution in [0.1, 0.15) is 16.1 Å². The highest BCUT2D eigenvalue weighted by molar-refractivity contribution is 7.21. The second kappa shape index (κ2) is 8.83. The molecule has 0 fully saturated rings. The first-order chi connectivity index (χ1) is 13.5. The van der Waals surface area contributed by atoms with Crippen molar-refractivity contribution in [2.45, 2.75) is 6.42 Å². The van der Waals surface area contributed by atoms with Gasteiger partial charge in [0, 0.05) is 22.3 Å². The maximum absolute atomic E-state index is 13.1. The molecule has 3 rings (SSSR count). The number of esters is 1. The number of anilines is 1. The van der Waals surface area contributed by atoms with Crippen LogP contribution in [-0.4, -0.2) is 25.0 Å². The largest absolute Gasteiger partial charge is 0.451 e. The predicted molar refractivity (Wildman–Crippen MR) is 106 cm³/mol. The molecule has 0 spiro atoms. The highest BCUT2D eigenvalue weighted by atomic mass is 35.5. The van der Waals surface area contributed by atoms with Crippen molar-refractivity contribution in [3.63, 3.8) is 0 Å². The molecule has 5 nitrogen and oxygen atoms in total. The molecule has 0 N–H and O–H groups in total. The zero-order valence-electron chi connectivity index (χ0n) is 14.5. The fourth-order valence-electron chi connectivity index (χ4n) is 2.60. The Labute approximate surface area is 169 Å². The van der Waals surface area contributed by atoms with Gasteiger partial charge in [-0.15, -0.1) is 11.3 Å². The zero-order chi connectivity index (χ0) is 20.1. The van der Waals surface area contributed by atoms with Gasteiger partial charge in [-0.05, 0) is 30.3 Å². The molecule has 0 saturated heterocycles. The Morgan fingerprint density at radius 2 is 1.89 bits per heavy atom. The average Bonchev–Trinajstić information content (AvgIpc) is 3.04. The third-order valence-electron chi connectivity index (χ3n) is 3.93. The lowest BCUT2D eigenvalue weighted by atomic mass is 10.2. The first kappa shape index (κ1) is 19.8.